The zero-order chi connectivity index (χ0) is 16.4. The van der Waals surface area contributed by atoms with Gasteiger partial charge in [-0.05, 0) is 24.4 Å². The van der Waals surface area contributed by atoms with E-state index in [1.807, 2.05) is 17.5 Å². The Hall–Kier alpha value is -3.07. The SMILES string of the molecule is Cc1c(C(=O)Nc2n[nH]c(-c3cccs3)n2)cccc1[N+](=O)[O-]. The number of aromatic amines is 1. The normalized spacial score (nSPS) is 10.5. The summed E-state index contributed by atoms with van der Waals surface area (Å²) in [5.74, 6) is 0.165. The molecule has 1 aromatic carbocycles. The number of carbonyl (C=O) groups is 1. The summed E-state index contributed by atoms with van der Waals surface area (Å²) in [7, 11) is 0. The molecule has 0 fully saturated rings. The molecule has 0 bridgehead atoms. The van der Waals surface area contributed by atoms with E-state index in [1.165, 1.54) is 36.5 Å². The predicted molar refractivity (Wildman–Crippen MR) is 85.5 cm³/mol. The molecule has 9 heteroatoms. The van der Waals surface area contributed by atoms with Crippen LogP contribution in [0.2, 0.25) is 0 Å². The lowest BCUT2D eigenvalue weighted by atomic mass is 10.1. The van der Waals surface area contributed by atoms with Gasteiger partial charge in [0.15, 0.2) is 5.82 Å². The number of anilines is 1. The summed E-state index contributed by atoms with van der Waals surface area (Å²) in [4.78, 5) is 27.8. The van der Waals surface area contributed by atoms with Crippen LogP contribution in [-0.2, 0) is 0 Å². The summed E-state index contributed by atoms with van der Waals surface area (Å²) < 4.78 is 0. The number of nitrogens with zero attached hydrogens (tertiary/aromatic N) is 3. The van der Waals surface area contributed by atoms with Gasteiger partial charge in [0.1, 0.15) is 0 Å². The van der Waals surface area contributed by atoms with Crippen LogP contribution in [0, 0.1) is 17.0 Å². The van der Waals surface area contributed by atoms with E-state index in [0.717, 1.165) is 4.88 Å². The third-order valence-corrected chi connectivity index (χ3v) is 4.09. The van der Waals surface area contributed by atoms with Crippen molar-refractivity contribution in [2.75, 3.05) is 5.32 Å². The first-order valence-electron chi connectivity index (χ1n) is 6.58. The first kappa shape index (κ1) is 14.9. The van der Waals surface area contributed by atoms with Gasteiger partial charge < -0.3 is 0 Å². The number of benzene rings is 1. The number of nitro groups is 1. The smallest absolute Gasteiger partial charge is 0.273 e. The van der Waals surface area contributed by atoms with Crippen LogP contribution >= 0.6 is 11.3 Å². The van der Waals surface area contributed by atoms with Crippen LogP contribution in [0.25, 0.3) is 10.7 Å². The molecule has 0 aliphatic rings. The number of hydrogen-bond donors (Lipinski definition) is 2. The maximum absolute atomic E-state index is 12.3. The van der Waals surface area contributed by atoms with Gasteiger partial charge in [-0.25, -0.2) is 0 Å². The molecule has 0 atom stereocenters. The molecule has 0 unspecified atom stereocenters. The van der Waals surface area contributed by atoms with Gasteiger partial charge in [-0.1, -0.05) is 12.1 Å². The second kappa shape index (κ2) is 5.97. The van der Waals surface area contributed by atoms with Crippen LogP contribution in [-0.4, -0.2) is 26.0 Å². The molecule has 1 amide bonds. The molecule has 2 aromatic heterocycles. The van der Waals surface area contributed by atoms with E-state index in [4.69, 9.17) is 0 Å². The van der Waals surface area contributed by atoms with Crippen molar-refractivity contribution in [2.45, 2.75) is 6.92 Å². The first-order chi connectivity index (χ1) is 11.1. The number of nitrogens with one attached hydrogen (secondary N) is 2. The van der Waals surface area contributed by atoms with Crippen LogP contribution in [0.3, 0.4) is 0 Å². The minimum Gasteiger partial charge on any atom is -0.289 e. The highest BCUT2D eigenvalue weighted by atomic mass is 32.1. The Morgan fingerprint density at radius 3 is 2.87 bits per heavy atom. The third kappa shape index (κ3) is 2.94. The van der Waals surface area contributed by atoms with Gasteiger partial charge in [-0.3, -0.25) is 25.3 Å². The average Bonchev–Trinajstić information content (AvgIpc) is 3.17. The van der Waals surface area contributed by atoms with Crippen LogP contribution in [0.5, 0.6) is 0 Å². The minimum atomic E-state index is -0.520. The van der Waals surface area contributed by atoms with Crippen molar-refractivity contribution in [1.82, 2.24) is 15.2 Å². The van der Waals surface area contributed by atoms with E-state index < -0.39 is 10.8 Å². The molecule has 0 aliphatic carbocycles. The number of thiophene rings is 1. The Balaban J connectivity index is 1.83. The molecule has 2 N–H and O–H groups in total. The maximum Gasteiger partial charge on any atom is 0.273 e. The quantitative estimate of drug-likeness (QED) is 0.564. The zero-order valence-corrected chi connectivity index (χ0v) is 12.8. The highest BCUT2D eigenvalue weighted by molar-refractivity contribution is 7.13. The minimum absolute atomic E-state index is 0.105. The van der Waals surface area contributed by atoms with Crippen molar-refractivity contribution < 1.29 is 9.72 Å². The Morgan fingerprint density at radius 2 is 2.17 bits per heavy atom. The highest BCUT2D eigenvalue weighted by Gasteiger charge is 2.19. The van der Waals surface area contributed by atoms with E-state index in [2.05, 4.69) is 20.5 Å². The number of H-pyrrole nitrogens is 1. The third-order valence-electron chi connectivity index (χ3n) is 3.21. The molecule has 116 valence electrons. The lowest BCUT2D eigenvalue weighted by Gasteiger charge is -2.05. The molecular formula is C14H11N5O3S. The Kier molecular flexibility index (Phi) is 3.85. The Labute approximate surface area is 134 Å². The molecule has 8 nitrogen and oxygen atoms in total. The van der Waals surface area contributed by atoms with E-state index in [-0.39, 0.29) is 17.2 Å². The van der Waals surface area contributed by atoms with Crippen LogP contribution in [0.15, 0.2) is 35.7 Å². The van der Waals surface area contributed by atoms with E-state index in [1.54, 1.807) is 0 Å². The Morgan fingerprint density at radius 1 is 1.35 bits per heavy atom. The second-order valence-corrected chi connectivity index (χ2v) is 5.59. The van der Waals surface area contributed by atoms with Gasteiger partial charge in [-0.2, -0.15) is 4.98 Å². The van der Waals surface area contributed by atoms with Gasteiger partial charge in [0.25, 0.3) is 11.6 Å². The van der Waals surface area contributed by atoms with Crippen LogP contribution < -0.4 is 5.32 Å². The monoisotopic (exact) mass is 329 g/mol. The van der Waals surface area contributed by atoms with Crippen molar-refractivity contribution in [3.05, 3.63) is 57.0 Å². The van der Waals surface area contributed by atoms with Crippen molar-refractivity contribution in [3.8, 4) is 10.7 Å². The lowest BCUT2D eigenvalue weighted by molar-refractivity contribution is -0.385. The molecule has 2 heterocycles. The lowest BCUT2D eigenvalue weighted by Crippen LogP contribution is -2.15. The predicted octanol–water partition coefficient (Wildman–Crippen LogP) is 3.00. The van der Waals surface area contributed by atoms with Gasteiger partial charge in [-0.15, -0.1) is 16.4 Å². The number of rotatable bonds is 4. The largest absolute Gasteiger partial charge is 0.289 e. The summed E-state index contributed by atoms with van der Waals surface area (Å²) in [6.45, 7) is 1.53. The molecule has 0 saturated carbocycles. The van der Waals surface area contributed by atoms with Gasteiger partial charge in [0.2, 0.25) is 5.95 Å². The molecule has 0 spiro atoms. The van der Waals surface area contributed by atoms with Crippen molar-refractivity contribution in [1.29, 1.82) is 0 Å². The standard InChI is InChI=1S/C14H11N5O3S/c1-8-9(4-2-5-10(8)19(21)22)13(20)16-14-15-12(17-18-14)11-6-3-7-23-11/h2-7H,1H3,(H2,15,16,17,18,20). The van der Waals surface area contributed by atoms with Crippen LogP contribution in [0.1, 0.15) is 15.9 Å². The highest BCUT2D eigenvalue weighted by Crippen LogP contribution is 2.23. The fourth-order valence-corrected chi connectivity index (χ4v) is 2.74. The maximum atomic E-state index is 12.3. The topological polar surface area (TPSA) is 114 Å². The molecule has 0 aliphatic heterocycles. The van der Waals surface area contributed by atoms with E-state index >= 15 is 0 Å². The molecule has 0 saturated heterocycles. The molecule has 3 aromatic rings. The van der Waals surface area contributed by atoms with Crippen molar-refractivity contribution >= 4 is 28.9 Å². The molecule has 3 rings (SSSR count). The summed E-state index contributed by atoms with van der Waals surface area (Å²) in [6, 6.07) is 8.10. The summed E-state index contributed by atoms with van der Waals surface area (Å²) in [5, 5.41) is 22.0. The number of amides is 1. The van der Waals surface area contributed by atoms with Gasteiger partial charge in [0.05, 0.1) is 9.80 Å². The zero-order valence-electron chi connectivity index (χ0n) is 11.9. The Bertz CT molecular complexity index is 872. The van der Waals surface area contributed by atoms with Crippen molar-refractivity contribution in [3.63, 3.8) is 0 Å². The van der Waals surface area contributed by atoms with E-state index in [9.17, 15) is 14.9 Å². The summed E-state index contributed by atoms with van der Waals surface area (Å²) in [6.07, 6.45) is 0. The number of nitro benzene ring substituents is 1. The van der Waals surface area contributed by atoms with Crippen LogP contribution in [0.4, 0.5) is 11.6 Å². The number of carbonyl (C=O) groups excluding carboxylic acids is 1. The van der Waals surface area contributed by atoms with Gasteiger partial charge >= 0.3 is 0 Å². The van der Waals surface area contributed by atoms with Gasteiger partial charge in [0, 0.05) is 17.2 Å². The fraction of sp³-hybridized carbons (Fsp3) is 0.0714. The average molecular weight is 329 g/mol. The molecule has 0 radical (unpaired) electrons. The molecule has 23 heavy (non-hydrogen) atoms. The summed E-state index contributed by atoms with van der Waals surface area (Å²) in [5.41, 5.74) is 0.401. The molecular weight excluding hydrogens is 318 g/mol. The number of aromatic nitrogens is 3. The summed E-state index contributed by atoms with van der Waals surface area (Å²) >= 11 is 1.49. The number of hydrogen-bond acceptors (Lipinski definition) is 6. The second-order valence-electron chi connectivity index (χ2n) is 4.65. The van der Waals surface area contributed by atoms with Crippen molar-refractivity contribution in [2.24, 2.45) is 0 Å². The fourth-order valence-electron chi connectivity index (χ4n) is 2.08. The first-order valence-corrected chi connectivity index (χ1v) is 7.46. The van der Waals surface area contributed by atoms with E-state index in [0.29, 0.717) is 11.4 Å².